The molecular weight excluding hydrogens is 401 g/mol. The summed E-state index contributed by atoms with van der Waals surface area (Å²) >= 11 is 0. The number of nitrogens with one attached hydrogen (secondary N) is 1. The van der Waals surface area contributed by atoms with Crippen molar-refractivity contribution in [3.8, 4) is 0 Å². The number of hydrogen-bond acceptors (Lipinski definition) is 0. The summed E-state index contributed by atoms with van der Waals surface area (Å²) in [6.07, 6.45) is 15.6. The van der Waals surface area contributed by atoms with Crippen molar-refractivity contribution in [3.63, 3.8) is 0 Å². The van der Waals surface area contributed by atoms with Crippen molar-refractivity contribution >= 4 is 34.3 Å². The minimum absolute atomic E-state index is 0. The predicted molar refractivity (Wildman–Crippen MR) is 114 cm³/mol. The maximum atomic E-state index is 8.21. The fraction of sp³-hybridized carbons (Fsp3) is 0.800. The van der Waals surface area contributed by atoms with Crippen LogP contribution in [0.2, 0.25) is 13.1 Å². The molecule has 0 amide bonds. The first-order chi connectivity index (χ1) is 10.5. The van der Waals surface area contributed by atoms with E-state index in [1.165, 1.54) is 56.1 Å². The summed E-state index contributed by atoms with van der Waals surface area (Å²) in [5.41, 5.74) is 11.2. The Morgan fingerprint density at radius 3 is 1.68 bits per heavy atom. The van der Waals surface area contributed by atoms with Crippen LogP contribution in [0.3, 0.4) is 0 Å². The van der Waals surface area contributed by atoms with Gasteiger partial charge < -0.3 is 5.73 Å². The van der Waals surface area contributed by atoms with Crippen molar-refractivity contribution in [3.05, 3.63) is 29.0 Å². The Hall–Kier alpha value is 0.951. The van der Waals surface area contributed by atoms with Gasteiger partial charge in [-0.3, -0.25) is 6.08 Å². The maximum absolute atomic E-state index is 8.21. The van der Waals surface area contributed by atoms with Crippen LogP contribution in [0.1, 0.15) is 65.2 Å². The third kappa shape index (κ3) is 8.23. The molecule has 0 spiro atoms. The predicted octanol–water partition coefficient (Wildman–Crippen LogP) is 6.84. The summed E-state index contributed by atoms with van der Waals surface area (Å²) in [7, 11) is 0.750. The Morgan fingerprint density at radius 1 is 1.08 bits per heavy atom. The molecule has 1 radical (unpaired) electrons. The molecule has 5 rings (SSSR count). The van der Waals surface area contributed by atoms with Crippen LogP contribution in [0.15, 0.2) is 17.2 Å². The summed E-state index contributed by atoms with van der Waals surface area (Å²) in [6.45, 7) is 8.78. The van der Waals surface area contributed by atoms with Gasteiger partial charge in [0, 0.05) is 9.52 Å². The molecule has 0 aromatic carbocycles. The molecule has 5 heteroatoms. The van der Waals surface area contributed by atoms with Crippen LogP contribution in [0, 0.1) is 23.8 Å². The monoisotopic (exact) mass is 436 g/mol. The standard InChI is InChI=1S/C10H16N.C8H11.C2H7Si.2ClH.Ti/c11-10-4-7-1-8(5-10)3-9(2-7)6-10;1-3-8-6-4-5-7(8)2;1-3-2;;;/h7-9,11H,1-6H2;6H,3,5H2,1-2H3;3H,1-2H3;2*1H;/q2*-1;;;;+2. The number of rotatable bonds is 1. The average Bonchev–Trinajstić information content (AvgIpc) is 2.83. The molecule has 1 nitrogen and oxygen atoms in total. The second-order valence-electron chi connectivity index (χ2n) is 7.96. The summed E-state index contributed by atoms with van der Waals surface area (Å²) in [5, 5.41) is 0. The molecule has 25 heavy (non-hydrogen) atoms. The molecule has 0 aliphatic heterocycles. The molecule has 0 heterocycles. The van der Waals surface area contributed by atoms with Crippen LogP contribution >= 0.6 is 24.8 Å². The topological polar surface area (TPSA) is 23.8 Å². The number of halogens is 2. The molecule has 0 aromatic rings. The third-order valence-corrected chi connectivity index (χ3v) is 5.61. The molecule has 0 saturated heterocycles. The van der Waals surface area contributed by atoms with Crippen molar-refractivity contribution in [1.82, 2.24) is 0 Å². The van der Waals surface area contributed by atoms with Crippen molar-refractivity contribution in [2.24, 2.45) is 17.8 Å². The van der Waals surface area contributed by atoms with Crippen molar-refractivity contribution in [2.45, 2.75) is 83.8 Å². The molecule has 4 fully saturated rings. The van der Waals surface area contributed by atoms with Gasteiger partial charge >= 0.3 is 21.7 Å². The van der Waals surface area contributed by atoms with E-state index in [1.54, 1.807) is 0 Å². The number of hydrogen-bond donors (Lipinski definition) is 0. The van der Waals surface area contributed by atoms with E-state index in [1.807, 2.05) is 0 Å². The van der Waals surface area contributed by atoms with Gasteiger partial charge in [0.05, 0.1) is 0 Å². The van der Waals surface area contributed by atoms with Gasteiger partial charge in [-0.1, -0.05) is 52.6 Å². The van der Waals surface area contributed by atoms with Gasteiger partial charge in [-0.25, -0.2) is 6.08 Å². The molecule has 1 N–H and O–H groups in total. The second kappa shape index (κ2) is 13.2. The average molecular weight is 437 g/mol. The van der Waals surface area contributed by atoms with Gasteiger partial charge in [-0.05, 0) is 37.0 Å². The summed E-state index contributed by atoms with van der Waals surface area (Å²) < 4.78 is 0. The fourth-order valence-corrected chi connectivity index (χ4v) is 5.08. The summed E-state index contributed by atoms with van der Waals surface area (Å²) in [4.78, 5) is 0. The van der Waals surface area contributed by atoms with Crippen molar-refractivity contribution in [2.75, 3.05) is 0 Å². The first-order valence-corrected chi connectivity index (χ1v) is 11.5. The maximum Gasteiger partial charge on any atom is 2.00 e. The largest absolute Gasteiger partial charge is 2.00 e. The summed E-state index contributed by atoms with van der Waals surface area (Å²) in [5.74, 6) is 2.87. The van der Waals surface area contributed by atoms with Crippen LogP contribution < -0.4 is 0 Å². The minimum Gasteiger partial charge on any atom is -0.672 e. The minimum atomic E-state index is 0. The van der Waals surface area contributed by atoms with E-state index in [2.05, 4.69) is 39.1 Å². The van der Waals surface area contributed by atoms with Gasteiger partial charge in [0.15, 0.2) is 0 Å². The molecule has 0 unspecified atom stereocenters. The van der Waals surface area contributed by atoms with Gasteiger partial charge in [-0.15, -0.1) is 36.8 Å². The van der Waals surface area contributed by atoms with Crippen molar-refractivity contribution in [1.29, 1.82) is 0 Å². The van der Waals surface area contributed by atoms with E-state index in [0.29, 0.717) is 0 Å². The van der Waals surface area contributed by atoms with Crippen LogP contribution in [0.5, 0.6) is 0 Å². The van der Waals surface area contributed by atoms with Crippen LogP contribution in [0.25, 0.3) is 5.73 Å². The Balaban J connectivity index is 0. The third-order valence-electron chi connectivity index (χ3n) is 5.61. The van der Waals surface area contributed by atoms with E-state index in [4.69, 9.17) is 5.73 Å². The zero-order valence-electron chi connectivity index (χ0n) is 16.4. The summed E-state index contributed by atoms with van der Waals surface area (Å²) in [6, 6.07) is 0. The smallest absolute Gasteiger partial charge is 0.672 e. The van der Waals surface area contributed by atoms with E-state index < -0.39 is 0 Å². The quantitative estimate of drug-likeness (QED) is 0.317. The molecule has 0 aromatic heterocycles. The van der Waals surface area contributed by atoms with Crippen LogP contribution in [-0.4, -0.2) is 15.1 Å². The molecule has 4 bridgehead atoms. The molecule has 0 atom stereocenters. The fourth-order valence-electron chi connectivity index (χ4n) is 5.08. The van der Waals surface area contributed by atoms with E-state index in [0.717, 1.165) is 33.7 Å². The SMILES string of the molecule is CCC1=C(C)C[C-]=C1.C[SiH]C.Cl.Cl.[NH-]C12CC3CC(CC(C3)C1)C2.[Ti+2]. The Morgan fingerprint density at radius 2 is 1.48 bits per heavy atom. The molecule has 4 saturated carbocycles. The molecule has 5 aliphatic rings. The van der Waals surface area contributed by atoms with Crippen molar-refractivity contribution < 1.29 is 21.7 Å². The van der Waals surface area contributed by atoms with Crippen LogP contribution in [-0.2, 0) is 21.7 Å². The second-order valence-corrected chi connectivity index (χ2v) is 9.11. The Bertz CT molecular complexity index is 402. The van der Waals surface area contributed by atoms with E-state index in [-0.39, 0.29) is 52.1 Å². The first-order valence-electron chi connectivity index (χ1n) is 9.23. The normalized spacial score (nSPS) is 33.1. The molecular formula is C20H36Cl2NSiTi. The zero-order valence-corrected chi connectivity index (χ0v) is 20.7. The molecule has 143 valence electrons. The van der Waals surface area contributed by atoms with E-state index >= 15 is 0 Å². The zero-order chi connectivity index (χ0) is 16.2. The van der Waals surface area contributed by atoms with Gasteiger partial charge in [0.25, 0.3) is 0 Å². The van der Waals surface area contributed by atoms with Crippen LogP contribution in [0.4, 0.5) is 0 Å². The Kier molecular flexibility index (Phi) is 14.9. The Labute approximate surface area is 186 Å². The first kappa shape index (κ1) is 28.2. The van der Waals surface area contributed by atoms with Gasteiger partial charge in [-0.2, -0.15) is 11.1 Å². The number of allylic oxidation sites excluding steroid dienone is 4. The van der Waals surface area contributed by atoms with Gasteiger partial charge in [0.1, 0.15) is 0 Å². The van der Waals surface area contributed by atoms with E-state index in [9.17, 15) is 0 Å². The molecule has 5 aliphatic carbocycles. The van der Waals surface area contributed by atoms with Gasteiger partial charge in [0.2, 0.25) is 0 Å².